The van der Waals surface area contributed by atoms with Gasteiger partial charge in [-0.2, -0.15) is 0 Å². The molecule has 2 aromatic rings. The van der Waals surface area contributed by atoms with Crippen LogP contribution in [0.3, 0.4) is 0 Å². The highest BCUT2D eigenvalue weighted by molar-refractivity contribution is 5.78. The van der Waals surface area contributed by atoms with Crippen molar-refractivity contribution in [2.75, 3.05) is 0 Å². The van der Waals surface area contributed by atoms with E-state index in [4.69, 9.17) is 0 Å². The van der Waals surface area contributed by atoms with Crippen LogP contribution in [0.25, 0.3) is 10.9 Å². The Morgan fingerprint density at radius 3 is 2.46 bits per heavy atom. The molecule has 3 nitrogen and oxygen atoms in total. The Kier molecular flexibility index (Phi) is 1.45. The van der Waals surface area contributed by atoms with Gasteiger partial charge < -0.3 is 0 Å². The SMILES string of the molecule is O=c1[nH][nH]c2c(F)c(F)c(F)cc12. The minimum absolute atomic E-state index is 0.239. The Balaban J connectivity index is 3.04. The first kappa shape index (κ1) is 7.90. The molecule has 2 rings (SSSR count). The molecule has 0 amide bonds. The molecule has 6 heteroatoms. The van der Waals surface area contributed by atoms with Gasteiger partial charge in [0.25, 0.3) is 5.56 Å². The normalized spacial score (nSPS) is 11.0. The molecule has 0 unspecified atom stereocenters. The summed E-state index contributed by atoms with van der Waals surface area (Å²) in [4.78, 5) is 10.9. The summed E-state index contributed by atoms with van der Waals surface area (Å²) in [5.74, 6) is -4.37. The number of nitrogens with one attached hydrogen (secondary N) is 2. The fraction of sp³-hybridized carbons (Fsp3) is 0. The third-order valence-corrected chi connectivity index (χ3v) is 1.71. The number of hydrogen-bond acceptors (Lipinski definition) is 1. The predicted molar refractivity (Wildman–Crippen MR) is 38.8 cm³/mol. The van der Waals surface area contributed by atoms with Gasteiger partial charge in [0.1, 0.15) is 5.52 Å². The molecule has 68 valence electrons. The van der Waals surface area contributed by atoms with E-state index in [1.54, 1.807) is 0 Å². The molecule has 0 atom stereocenters. The van der Waals surface area contributed by atoms with Crippen LogP contribution in [-0.4, -0.2) is 10.2 Å². The van der Waals surface area contributed by atoms with Gasteiger partial charge >= 0.3 is 0 Å². The number of aromatic amines is 2. The molecular formula is C7H3F3N2O. The van der Waals surface area contributed by atoms with Crippen molar-refractivity contribution in [2.24, 2.45) is 0 Å². The van der Waals surface area contributed by atoms with E-state index in [1.165, 1.54) is 0 Å². The smallest absolute Gasteiger partial charge is 0.271 e. The van der Waals surface area contributed by atoms with Crippen LogP contribution < -0.4 is 5.56 Å². The van der Waals surface area contributed by atoms with Crippen molar-refractivity contribution in [1.82, 2.24) is 10.2 Å². The topological polar surface area (TPSA) is 48.6 Å². The molecule has 0 radical (unpaired) electrons. The van der Waals surface area contributed by atoms with Crippen molar-refractivity contribution >= 4 is 10.9 Å². The van der Waals surface area contributed by atoms with Gasteiger partial charge in [0.05, 0.1) is 5.39 Å². The molecule has 0 aliphatic carbocycles. The van der Waals surface area contributed by atoms with E-state index in [0.717, 1.165) is 0 Å². The van der Waals surface area contributed by atoms with Crippen molar-refractivity contribution < 1.29 is 13.2 Å². The maximum Gasteiger partial charge on any atom is 0.271 e. The van der Waals surface area contributed by atoms with Gasteiger partial charge in [0.2, 0.25) is 0 Å². The molecule has 0 bridgehead atoms. The van der Waals surface area contributed by atoms with Crippen molar-refractivity contribution in [3.63, 3.8) is 0 Å². The van der Waals surface area contributed by atoms with Crippen LogP contribution >= 0.6 is 0 Å². The maximum atomic E-state index is 12.9. The Hall–Kier alpha value is -1.72. The van der Waals surface area contributed by atoms with Crippen LogP contribution in [-0.2, 0) is 0 Å². The number of rotatable bonds is 0. The number of fused-ring (bicyclic) bond motifs is 1. The third kappa shape index (κ3) is 0.947. The Morgan fingerprint density at radius 1 is 1.08 bits per heavy atom. The molecule has 0 aliphatic heterocycles. The highest BCUT2D eigenvalue weighted by atomic mass is 19.2. The molecule has 0 spiro atoms. The van der Waals surface area contributed by atoms with Crippen molar-refractivity contribution in [3.8, 4) is 0 Å². The Labute approximate surface area is 69.2 Å². The van der Waals surface area contributed by atoms with Crippen LogP contribution in [0.15, 0.2) is 10.9 Å². The van der Waals surface area contributed by atoms with Crippen LogP contribution in [0.2, 0.25) is 0 Å². The summed E-state index contributed by atoms with van der Waals surface area (Å²) in [6.45, 7) is 0. The summed E-state index contributed by atoms with van der Waals surface area (Å²) in [6.07, 6.45) is 0. The average molecular weight is 188 g/mol. The summed E-state index contributed by atoms with van der Waals surface area (Å²) in [5.41, 5.74) is -1.04. The lowest BCUT2D eigenvalue weighted by molar-refractivity contribution is 0.452. The minimum atomic E-state index is -1.59. The van der Waals surface area contributed by atoms with Gasteiger partial charge in [-0.15, -0.1) is 0 Å². The van der Waals surface area contributed by atoms with Gasteiger partial charge in [-0.05, 0) is 6.07 Å². The van der Waals surface area contributed by atoms with Crippen LogP contribution in [0, 0.1) is 17.5 Å². The lowest BCUT2D eigenvalue weighted by Gasteiger charge is -1.94. The molecule has 1 aromatic carbocycles. The Morgan fingerprint density at radius 2 is 1.77 bits per heavy atom. The molecule has 0 saturated heterocycles. The molecule has 0 aliphatic rings. The van der Waals surface area contributed by atoms with Crippen LogP contribution in [0.4, 0.5) is 13.2 Å². The third-order valence-electron chi connectivity index (χ3n) is 1.71. The standard InChI is InChI=1S/C7H3F3N2O/c8-3-1-2-6(5(10)4(3)9)11-12-7(2)13/h1H,(H2,11,12,13). The maximum absolute atomic E-state index is 12.9. The number of aromatic nitrogens is 2. The predicted octanol–water partition coefficient (Wildman–Crippen LogP) is 1.27. The Bertz CT molecular complexity index is 528. The zero-order chi connectivity index (χ0) is 9.59. The second-order valence-electron chi connectivity index (χ2n) is 2.49. The highest BCUT2D eigenvalue weighted by Crippen LogP contribution is 2.17. The van der Waals surface area contributed by atoms with Crippen LogP contribution in [0.5, 0.6) is 0 Å². The quantitative estimate of drug-likeness (QED) is 0.601. The molecule has 1 aromatic heterocycles. The molecule has 2 N–H and O–H groups in total. The summed E-state index contributed by atoms with van der Waals surface area (Å²) < 4.78 is 38.0. The zero-order valence-electron chi connectivity index (χ0n) is 6.12. The molecular weight excluding hydrogens is 185 g/mol. The summed E-state index contributed by atoms with van der Waals surface area (Å²) >= 11 is 0. The van der Waals surface area contributed by atoms with E-state index in [1.807, 2.05) is 5.10 Å². The van der Waals surface area contributed by atoms with E-state index in [-0.39, 0.29) is 10.9 Å². The van der Waals surface area contributed by atoms with Gasteiger partial charge in [-0.25, -0.2) is 13.2 Å². The first-order valence-electron chi connectivity index (χ1n) is 3.35. The molecule has 13 heavy (non-hydrogen) atoms. The van der Waals surface area contributed by atoms with Crippen molar-refractivity contribution in [1.29, 1.82) is 0 Å². The number of halogens is 3. The van der Waals surface area contributed by atoms with Gasteiger partial charge in [0, 0.05) is 0 Å². The summed E-state index contributed by atoms with van der Waals surface area (Å²) in [7, 11) is 0. The number of H-pyrrole nitrogens is 2. The fourth-order valence-electron chi connectivity index (χ4n) is 1.08. The van der Waals surface area contributed by atoms with Crippen molar-refractivity contribution in [3.05, 3.63) is 33.9 Å². The number of hydrogen-bond donors (Lipinski definition) is 2. The van der Waals surface area contributed by atoms with Gasteiger partial charge in [-0.3, -0.25) is 15.0 Å². The number of benzene rings is 1. The lowest BCUT2D eigenvalue weighted by atomic mass is 10.2. The van der Waals surface area contributed by atoms with E-state index >= 15 is 0 Å². The van der Waals surface area contributed by atoms with E-state index in [0.29, 0.717) is 6.07 Å². The monoisotopic (exact) mass is 188 g/mol. The molecule has 1 heterocycles. The minimum Gasteiger partial charge on any atom is -0.295 e. The van der Waals surface area contributed by atoms with Crippen molar-refractivity contribution in [2.45, 2.75) is 0 Å². The van der Waals surface area contributed by atoms with E-state index in [2.05, 4.69) is 5.10 Å². The highest BCUT2D eigenvalue weighted by Gasteiger charge is 2.16. The summed E-state index contributed by atoms with van der Waals surface area (Å²) in [5, 5.41) is 3.88. The fourth-order valence-corrected chi connectivity index (χ4v) is 1.08. The van der Waals surface area contributed by atoms with Crippen LogP contribution in [0.1, 0.15) is 0 Å². The second kappa shape index (κ2) is 2.38. The van der Waals surface area contributed by atoms with Gasteiger partial charge in [-0.1, -0.05) is 0 Å². The van der Waals surface area contributed by atoms with E-state index in [9.17, 15) is 18.0 Å². The van der Waals surface area contributed by atoms with Gasteiger partial charge in [0.15, 0.2) is 17.5 Å². The largest absolute Gasteiger partial charge is 0.295 e. The average Bonchev–Trinajstić information content (AvgIpc) is 2.45. The second-order valence-corrected chi connectivity index (χ2v) is 2.49. The van der Waals surface area contributed by atoms with E-state index < -0.39 is 23.0 Å². The first-order chi connectivity index (χ1) is 6.11. The zero-order valence-corrected chi connectivity index (χ0v) is 6.12. The summed E-state index contributed by atoms with van der Waals surface area (Å²) in [6, 6.07) is 0.642. The molecule has 0 fully saturated rings. The lowest BCUT2D eigenvalue weighted by Crippen LogP contribution is -1.99. The first-order valence-corrected chi connectivity index (χ1v) is 3.35. The molecule has 0 saturated carbocycles.